The molecule has 1 amide bonds. The smallest absolute Gasteiger partial charge is 0.303 e. The predicted molar refractivity (Wildman–Crippen MR) is 150 cm³/mol. The Morgan fingerprint density at radius 1 is 1.14 bits per heavy atom. The van der Waals surface area contributed by atoms with E-state index in [1.54, 1.807) is 36.4 Å². The Bertz CT molecular complexity index is 1470. The van der Waals surface area contributed by atoms with Crippen LogP contribution in [0.25, 0.3) is 0 Å². The predicted octanol–water partition coefficient (Wildman–Crippen LogP) is 3.87. The summed E-state index contributed by atoms with van der Waals surface area (Å²) in [4.78, 5) is 43.8. The molecule has 13 heteroatoms. The van der Waals surface area contributed by atoms with Crippen molar-refractivity contribution in [1.82, 2.24) is 10.1 Å². The number of aromatic nitrogens is 2. The molecule has 2 aromatic carbocycles. The number of aliphatic carboxylic acids is 1. The number of carbonyl (C=O) groups excluding carboxylic acids is 2. The minimum absolute atomic E-state index is 0.0128. The number of carboxylic acids is 1. The van der Waals surface area contributed by atoms with Gasteiger partial charge in [-0.2, -0.15) is 4.98 Å². The highest BCUT2D eigenvalue weighted by Gasteiger charge is 2.41. The van der Waals surface area contributed by atoms with Crippen LogP contribution in [0.5, 0.6) is 11.5 Å². The minimum Gasteiger partial charge on any atom is -0.493 e. The second-order valence-corrected chi connectivity index (χ2v) is 11.0. The van der Waals surface area contributed by atoms with Gasteiger partial charge in [0.15, 0.2) is 11.5 Å². The average molecular weight is 602 g/mol. The van der Waals surface area contributed by atoms with Gasteiger partial charge in [-0.3, -0.25) is 14.4 Å². The number of hydrogen-bond acceptors (Lipinski definition) is 10. The van der Waals surface area contributed by atoms with Crippen LogP contribution in [-0.2, 0) is 20.7 Å². The number of amides is 1. The van der Waals surface area contributed by atoms with Crippen LogP contribution in [0.2, 0.25) is 5.02 Å². The summed E-state index contributed by atoms with van der Waals surface area (Å²) in [6.07, 6.45) is -2.99. The van der Waals surface area contributed by atoms with Crippen LogP contribution in [0.15, 0.2) is 40.9 Å². The molecule has 0 unspecified atom stereocenters. The molecule has 1 aliphatic rings. The van der Waals surface area contributed by atoms with Gasteiger partial charge in [0.05, 0.1) is 20.6 Å². The zero-order chi connectivity index (χ0) is 30.6. The molecular formula is C29H32ClN3O9. The lowest BCUT2D eigenvalue weighted by atomic mass is 9.92. The number of carboxylic acid groups (broad SMARTS) is 1. The summed E-state index contributed by atoms with van der Waals surface area (Å²) in [5.74, 6) is -1.71. The van der Waals surface area contributed by atoms with Crippen molar-refractivity contribution < 1.29 is 43.3 Å². The van der Waals surface area contributed by atoms with Gasteiger partial charge in [0, 0.05) is 53.2 Å². The molecule has 224 valence electrons. The first-order valence-corrected chi connectivity index (χ1v) is 13.5. The third-order valence-corrected chi connectivity index (χ3v) is 7.01. The second kappa shape index (κ2) is 12.9. The Morgan fingerprint density at radius 3 is 2.57 bits per heavy atom. The normalized spacial score (nSPS) is 17.0. The fourth-order valence-electron chi connectivity index (χ4n) is 4.65. The molecule has 0 saturated carbocycles. The molecule has 4 rings (SSSR count). The molecule has 1 aromatic heterocycles. The maximum Gasteiger partial charge on any atom is 0.303 e. The summed E-state index contributed by atoms with van der Waals surface area (Å²) in [5, 5.41) is 23.0. The van der Waals surface area contributed by atoms with Crippen molar-refractivity contribution >= 4 is 34.9 Å². The van der Waals surface area contributed by atoms with Gasteiger partial charge in [-0.1, -0.05) is 42.7 Å². The monoisotopic (exact) mass is 601 g/mol. The summed E-state index contributed by atoms with van der Waals surface area (Å²) in [5.41, 5.74) is 0.860. The van der Waals surface area contributed by atoms with Crippen LogP contribution >= 0.6 is 11.6 Å². The van der Waals surface area contributed by atoms with Crippen molar-refractivity contribution in [3.8, 4) is 11.5 Å². The molecular weight excluding hydrogens is 570 g/mol. The van der Waals surface area contributed by atoms with Gasteiger partial charge in [0.1, 0.15) is 12.2 Å². The van der Waals surface area contributed by atoms with E-state index in [4.69, 9.17) is 35.4 Å². The van der Waals surface area contributed by atoms with Gasteiger partial charge in [0.2, 0.25) is 17.5 Å². The number of carbonyl (C=O) groups is 3. The van der Waals surface area contributed by atoms with Crippen LogP contribution in [0.1, 0.15) is 60.4 Å². The number of aryl methyl sites for hydroxylation is 1. The highest BCUT2D eigenvalue weighted by molar-refractivity contribution is 6.30. The van der Waals surface area contributed by atoms with Crippen molar-refractivity contribution in [3.63, 3.8) is 0 Å². The lowest BCUT2D eigenvalue weighted by Crippen LogP contribution is -2.45. The van der Waals surface area contributed by atoms with Crippen LogP contribution < -0.4 is 14.4 Å². The van der Waals surface area contributed by atoms with E-state index in [9.17, 15) is 19.5 Å². The highest BCUT2D eigenvalue weighted by atomic mass is 35.5. The first-order chi connectivity index (χ1) is 20.0. The number of rotatable bonds is 12. The number of Topliss-reactive ketones (excluding diaryl/α,β-unsaturated/α-hetero) is 1. The van der Waals surface area contributed by atoms with Gasteiger partial charge in [-0.05, 0) is 24.3 Å². The first kappa shape index (κ1) is 30.9. The Hall–Kier alpha value is -4.00. The fourth-order valence-corrected chi connectivity index (χ4v) is 4.83. The fraction of sp³-hybridized carbons (Fsp3) is 0.414. The van der Waals surface area contributed by atoms with Crippen LogP contribution in [0.4, 0.5) is 5.69 Å². The Labute approximate surface area is 247 Å². The molecule has 0 aliphatic carbocycles. The Kier molecular flexibility index (Phi) is 9.50. The number of fused-ring (bicyclic) bond motifs is 1. The van der Waals surface area contributed by atoms with Crippen LogP contribution in [0.3, 0.4) is 0 Å². The van der Waals surface area contributed by atoms with Crippen molar-refractivity contribution in [2.75, 3.05) is 32.3 Å². The molecule has 2 N–H and O–H groups in total. The number of halogens is 1. The topological polar surface area (TPSA) is 162 Å². The zero-order valence-corrected chi connectivity index (χ0v) is 24.4. The van der Waals surface area contributed by atoms with Gasteiger partial charge in [-0.25, -0.2) is 0 Å². The number of aliphatic hydroxyl groups is 1. The van der Waals surface area contributed by atoms with E-state index in [-0.39, 0.29) is 37.7 Å². The molecule has 0 bridgehead atoms. The molecule has 0 spiro atoms. The van der Waals surface area contributed by atoms with E-state index in [1.807, 2.05) is 13.8 Å². The van der Waals surface area contributed by atoms with E-state index in [0.29, 0.717) is 33.3 Å². The number of nitrogens with zero attached hydrogens (tertiary/aromatic N) is 3. The molecule has 12 nitrogen and oxygen atoms in total. The van der Waals surface area contributed by atoms with Crippen LogP contribution in [0, 0.1) is 5.41 Å². The summed E-state index contributed by atoms with van der Waals surface area (Å²) < 4.78 is 22.7. The van der Waals surface area contributed by atoms with E-state index >= 15 is 0 Å². The standard InChI is InChI=1S/C29H32ClN3O9/c1-29(2,15-34)14-33-19-9-8-16(30)12-18(19)25(17-6-5-7-21(39-3)26(17)40-4)41-22(28(33)38)13-20(35)27-31-23(42-32-27)10-11-24(36)37/h5-9,12,22,25,34H,10-11,13-15H2,1-4H3,(H,36,37)/t22-,25-/m1/s1. The number of anilines is 1. The molecule has 2 heterocycles. The Balaban J connectivity index is 1.80. The van der Waals surface area contributed by atoms with E-state index in [1.165, 1.54) is 19.1 Å². The maximum atomic E-state index is 14.1. The summed E-state index contributed by atoms with van der Waals surface area (Å²) in [6, 6.07) is 10.3. The highest BCUT2D eigenvalue weighted by Crippen LogP contribution is 2.45. The quantitative estimate of drug-likeness (QED) is 0.290. The number of para-hydroxylation sites is 1. The first-order valence-electron chi connectivity index (χ1n) is 13.1. The van der Waals surface area contributed by atoms with Gasteiger partial charge in [0.25, 0.3) is 5.91 Å². The lowest BCUT2D eigenvalue weighted by Gasteiger charge is -2.32. The van der Waals surface area contributed by atoms with Crippen LogP contribution in [-0.4, -0.2) is 71.5 Å². The molecule has 0 fully saturated rings. The SMILES string of the molecule is COc1cccc([C@H]2O[C@H](CC(=O)c3noc(CCC(=O)O)n3)C(=O)N(CC(C)(C)CO)c3ccc(Cl)cc32)c1OC. The van der Waals surface area contributed by atoms with E-state index < -0.39 is 41.7 Å². The minimum atomic E-state index is -1.32. The molecule has 0 radical (unpaired) electrons. The molecule has 42 heavy (non-hydrogen) atoms. The van der Waals surface area contributed by atoms with Crippen molar-refractivity contribution in [2.45, 2.75) is 45.3 Å². The van der Waals surface area contributed by atoms with Gasteiger partial charge in [-0.15, -0.1) is 0 Å². The third kappa shape index (κ3) is 6.72. The number of benzene rings is 2. The van der Waals surface area contributed by atoms with E-state index in [0.717, 1.165) is 0 Å². The number of aliphatic hydroxyl groups excluding tert-OH is 1. The summed E-state index contributed by atoms with van der Waals surface area (Å²) >= 11 is 6.43. The third-order valence-electron chi connectivity index (χ3n) is 6.78. The largest absolute Gasteiger partial charge is 0.493 e. The molecule has 0 saturated heterocycles. The molecule has 2 atom stereocenters. The second-order valence-electron chi connectivity index (χ2n) is 10.6. The van der Waals surface area contributed by atoms with E-state index in [2.05, 4.69) is 10.1 Å². The van der Waals surface area contributed by atoms with Crippen molar-refractivity contribution in [1.29, 1.82) is 0 Å². The summed E-state index contributed by atoms with van der Waals surface area (Å²) in [7, 11) is 2.98. The molecule has 1 aliphatic heterocycles. The lowest BCUT2D eigenvalue weighted by molar-refractivity contribution is -0.137. The number of ether oxygens (including phenoxy) is 3. The maximum absolute atomic E-state index is 14.1. The van der Waals surface area contributed by atoms with Gasteiger partial charge < -0.3 is 33.8 Å². The van der Waals surface area contributed by atoms with Crippen molar-refractivity contribution in [3.05, 3.63) is 64.3 Å². The zero-order valence-electron chi connectivity index (χ0n) is 23.6. The average Bonchev–Trinajstić information content (AvgIpc) is 3.42. The number of ketones is 1. The summed E-state index contributed by atoms with van der Waals surface area (Å²) in [6.45, 7) is 3.51. The molecule has 3 aromatic rings. The van der Waals surface area contributed by atoms with Crippen molar-refractivity contribution in [2.24, 2.45) is 5.41 Å². The number of methoxy groups -OCH3 is 2. The number of hydrogen-bond donors (Lipinski definition) is 2. The Morgan fingerprint density at radius 2 is 1.90 bits per heavy atom. The van der Waals surface area contributed by atoms with Gasteiger partial charge >= 0.3 is 5.97 Å².